The van der Waals surface area contributed by atoms with E-state index >= 15 is 0 Å². The van der Waals surface area contributed by atoms with Crippen LogP contribution in [0.2, 0.25) is 0 Å². The fraction of sp³-hybridized carbons (Fsp3) is 0.333. The van der Waals surface area contributed by atoms with Crippen LogP contribution in [0.15, 0.2) is 29.3 Å². The minimum absolute atomic E-state index is 0.0111. The van der Waals surface area contributed by atoms with Crippen molar-refractivity contribution in [2.45, 2.75) is 30.3 Å². The number of aromatic nitrogens is 2. The minimum Gasteiger partial charge on any atom is -0.465 e. The van der Waals surface area contributed by atoms with Gasteiger partial charge in [-0.2, -0.15) is 13.2 Å². The third kappa shape index (κ3) is 4.01. The van der Waals surface area contributed by atoms with Gasteiger partial charge in [-0.25, -0.2) is 4.98 Å². The molecule has 1 heterocycles. The molecular weight excluding hydrogens is 357 g/mol. The lowest BCUT2D eigenvalue weighted by Crippen LogP contribution is -2.38. The summed E-state index contributed by atoms with van der Waals surface area (Å²) in [6.45, 7) is 3.32. The first-order valence-corrected chi connectivity index (χ1v) is 8.10. The number of benzene rings is 1. The molecule has 0 saturated carbocycles. The first-order valence-electron chi connectivity index (χ1n) is 7.22. The van der Waals surface area contributed by atoms with Crippen LogP contribution >= 0.6 is 11.8 Å². The molecule has 6 nitrogen and oxygen atoms in total. The van der Waals surface area contributed by atoms with E-state index < -0.39 is 28.7 Å². The van der Waals surface area contributed by atoms with Gasteiger partial charge in [0.2, 0.25) is 5.84 Å². The van der Waals surface area contributed by atoms with Crippen LogP contribution in [0.25, 0.3) is 11.0 Å². The van der Waals surface area contributed by atoms with Crippen molar-refractivity contribution in [1.82, 2.24) is 9.55 Å². The Morgan fingerprint density at radius 1 is 1.40 bits per heavy atom. The van der Waals surface area contributed by atoms with Gasteiger partial charge in [0, 0.05) is 0 Å². The summed E-state index contributed by atoms with van der Waals surface area (Å²) in [5.41, 5.74) is -0.434. The molecule has 0 amide bonds. The van der Waals surface area contributed by atoms with E-state index in [9.17, 15) is 18.0 Å². The molecule has 0 aliphatic rings. The summed E-state index contributed by atoms with van der Waals surface area (Å²) in [6.07, 6.45) is -4.93. The average molecular weight is 372 g/mol. The number of rotatable bonds is 4. The molecule has 0 aliphatic carbocycles. The Hall–Kier alpha value is -2.36. The zero-order valence-corrected chi connectivity index (χ0v) is 14.2. The number of thioether (sulfide) groups is 1. The summed E-state index contributed by atoms with van der Waals surface area (Å²) < 4.78 is 44.4. The lowest BCUT2D eigenvalue weighted by Gasteiger charge is -2.17. The van der Waals surface area contributed by atoms with Crippen molar-refractivity contribution >= 4 is 34.6 Å². The first-order chi connectivity index (χ1) is 11.7. The highest BCUT2D eigenvalue weighted by molar-refractivity contribution is 8.00. The summed E-state index contributed by atoms with van der Waals surface area (Å²) in [6, 6.07) is 5.92. The second-order valence-corrected chi connectivity index (χ2v) is 6.28. The van der Waals surface area contributed by atoms with Crippen LogP contribution in [-0.4, -0.2) is 39.4 Å². The van der Waals surface area contributed by atoms with Gasteiger partial charge in [-0.05, 0) is 26.0 Å². The van der Waals surface area contributed by atoms with Crippen molar-refractivity contribution in [1.29, 1.82) is 10.8 Å². The van der Waals surface area contributed by atoms with Crippen LogP contribution in [0.1, 0.15) is 13.8 Å². The van der Waals surface area contributed by atoms with Crippen molar-refractivity contribution in [2.24, 2.45) is 0 Å². The monoisotopic (exact) mass is 372 g/mol. The maximum atomic E-state index is 13.0. The Morgan fingerprint density at radius 2 is 2.04 bits per heavy atom. The number of nitrogens with zero attached hydrogens (tertiary/aromatic N) is 2. The SMILES string of the molecule is CCOC(=O)C(C)Sc1nc2ccccc2n(C(=N)C(F)(F)F)c1=N. The molecule has 10 heteroatoms. The number of hydrogen-bond donors (Lipinski definition) is 2. The number of hydrogen-bond acceptors (Lipinski definition) is 6. The zero-order chi connectivity index (χ0) is 18.8. The number of ether oxygens (including phenoxy) is 1. The Balaban J connectivity index is 2.60. The molecule has 0 radical (unpaired) electrons. The van der Waals surface area contributed by atoms with Gasteiger partial charge in [0.15, 0.2) is 5.49 Å². The van der Waals surface area contributed by atoms with Gasteiger partial charge in [0.25, 0.3) is 0 Å². The largest absolute Gasteiger partial charge is 0.465 e. The van der Waals surface area contributed by atoms with Crippen molar-refractivity contribution in [3.8, 4) is 0 Å². The number of carbonyl (C=O) groups excluding carboxylic acids is 1. The number of fused-ring (bicyclic) bond motifs is 1. The van der Waals surface area contributed by atoms with Gasteiger partial charge in [-0.3, -0.25) is 20.2 Å². The Bertz CT molecular complexity index is 879. The molecule has 2 rings (SSSR count). The van der Waals surface area contributed by atoms with Crippen LogP contribution in [-0.2, 0) is 9.53 Å². The van der Waals surface area contributed by atoms with Gasteiger partial charge in [-0.15, -0.1) is 0 Å². The standard InChI is InChI=1S/C15H15F3N4O2S/c1-3-24-13(23)8(2)25-12-11(19)22(14(20)15(16,17)18)10-7-5-4-6-9(10)21-12/h4-8,19-20H,3H2,1-2H3. The highest BCUT2D eigenvalue weighted by atomic mass is 32.2. The van der Waals surface area contributed by atoms with E-state index in [2.05, 4.69) is 4.98 Å². The lowest BCUT2D eigenvalue weighted by molar-refractivity contribution is -0.142. The van der Waals surface area contributed by atoms with E-state index in [1.165, 1.54) is 25.1 Å². The second kappa shape index (κ2) is 7.26. The predicted molar refractivity (Wildman–Crippen MR) is 86.7 cm³/mol. The normalized spacial score (nSPS) is 12.8. The Labute approximate surface area is 145 Å². The fourth-order valence-electron chi connectivity index (χ4n) is 2.04. The molecule has 2 aromatic rings. The average Bonchev–Trinajstić information content (AvgIpc) is 2.54. The van der Waals surface area contributed by atoms with Gasteiger partial charge in [-0.1, -0.05) is 23.9 Å². The predicted octanol–water partition coefficient (Wildman–Crippen LogP) is 2.95. The van der Waals surface area contributed by atoms with Gasteiger partial charge >= 0.3 is 12.1 Å². The van der Waals surface area contributed by atoms with Gasteiger partial charge < -0.3 is 4.74 Å². The van der Waals surface area contributed by atoms with Crippen LogP contribution in [0.5, 0.6) is 0 Å². The first kappa shape index (κ1) is 19.0. The van der Waals surface area contributed by atoms with E-state index in [-0.39, 0.29) is 22.7 Å². The van der Waals surface area contributed by atoms with E-state index in [0.29, 0.717) is 4.57 Å². The highest BCUT2D eigenvalue weighted by Gasteiger charge is 2.37. The molecule has 2 N–H and O–H groups in total. The van der Waals surface area contributed by atoms with Crippen molar-refractivity contribution in [2.75, 3.05) is 6.61 Å². The van der Waals surface area contributed by atoms with Crippen LogP contribution in [0.3, 0.4) is 0 Å². The van der Waals surface area contributed by atoms with Crippen molar-refractivity contribution in [3.63, 3.8) is 0 Å². The Morgan fingerprint density at radius 3 is 2.64 bits per heavy atom. The number of alkyl halides is 3. The molecule has 1 atom stereocenters. The number of halogens is 3. The number of para-hydroxylation sites is 2. The summed E-state index contributed by atoms with van der Waals surface area (Å²) in [4.78, 5) is 15.9. The van der Waals surface area contributed by atoms with Crippen LogP contribution < -0.4 is 5.49 Å². The maximum Gasteiger partial charge on any atom is 0.449 e. The molecule has 0 bridgehead atoms. The van der Waals surface area contributed by atoms with Crippen molar-refractivity contribution < 1.29 is 22.7 Å². The van der Waals surface area contributed by atoms with E-state index in [4.69, 9.17) is 15.6 Å². The molecule has 25 heavy (non-hydrogen) atoms. The van der Waals surface area contributed by atoms with E-state index in [0.717, 1.165) is 11.8 Å². The highest BCUT2D eigenvalue weighted by Crippen LogP contribution is 2.24. The zero-order valence-electron chi connectivity index (χ0n) is 13.3. The Kier molecular flexibility index (Phi) is 5.51. The quantitative estimate of drug-likeness (QED) is 0.374. The van der Waals surface area contributed by atoms with E-state index in [1.54, 1.807) is 13.0 Å². The third-order valence-electron chi connectivity index (χ3n) is 3.17. The maximum absolute atomic E-state index is 13.0. The molecule has 1 aromatic carbocycles. The molecule has 0 aliphatic heterocycles. The summed E-state index contributed by atoms with van der Waals surface area (Å²) >= 11 is 0.817. The molecule has 0 fully saturated rings. The van der Waals surface area contributed by atoms with E-state index in [1.807, 2.05) is 0 Å². The fourth-order valence-corrected chi connectivity index (χ4v) is 2.90. The van der Waals surface area contributed by atoms with Gasteiger partial charge in [0.1, 0.15) is 10.3 Å². The number of carbonyl (C=O) groups is 1. The summed E-state index contributed by atoms with van der Waals surface area (Å²) in [5, 5.41) is 14.6. The smallest absolute Gasteiger partial charge is 0.449 e. The summed E-state index contributed by atoms with van der Waals surface area (Å²) in [7, 11) is 0. The van der Waals surface area contributed by atoms with Crippen LogP contribution in [0, 0.1) is 10.8 Å². The molecule has 1 unspecified atom stereocenters. The number of esters is 1. The summed E-state index contributed by atoms with van der Waals surface area (Å²) in [5.74, 6) is -2.25. The van der Waals surface area contributed by atoms with Gasteiger partial charge in [0.05, 0.1) is 17.6 Å². The third-order valence-corrected chi connectivity index (χ3v) is 4.22. The van der Waals surface area contributed by atoms with Crippen LogP contribution in [0.4, 0.5) is 13.2 Å². The number of nitrogens with one attached hydrogen (secondary N) is 2. The second-order valence-electron chi connectivity index (χ2n) is 4.95. The molecular formula is C15H15F3N4O2S. The molecule has 1 aromatic heterocycles. The lowest BCUT2D eigenvalue weighted by atomic mass is 10.3. The minimum atomic E-state index is -4.93. The van der Waals surface area contributed by atoms with Crippen molar-refractivity contribution in [3.05, 3.63) is 29.8 Å². The molecule has 134 valence electrons. The topological polar surface area (TPSA) is 91.8 Å². The molecule has 0 saturated heterocycles. The molecule has 0 spiro atoms.